The van der Waals surface area contributed by atoms with Crippen molar-refractivity contribution >= 4 is 17.5 Å². The number of hydrogen-bond acceptors (Lipinski definition) is 7. The summed E-state index contributed by atoms with van der Waals surface area (Å²) in [5.74, 6) is -0.980. The number of aliphatic hydroxyl groups excluding tert-OH is 3. The Kier molecular flexibility index (Phi) is 8.17. The van der Waals surface area contributed by atoms with Crippen LogP contribution >= 0.6 is 0 Å². The highest BCUT2D eigenvalue weighted by atomic mass is 16.8. The number of carbonyl (C=O) groups excluding carboxylic acids is 2. The quantitative estimate of drug-likeness (QED) is 0.397. The van der Waals surface area contributed by atoms with E-state index in [2.05, 4.69) is 10.8 Å². The molecule has 6 atom stereocenters. The van der Waals surface area contributed by atoms with Crippen molar-refractivity contribution in [3.05, 3.63) is 65.7 Å². The average Bonchev–Trinajstić information content (AvgIpc) is 2.80. The van der Waals surface area contributed by atoms with Crippen LogP contribution in [0.4, 0.5) is 5.69 Å². The second-order valence-electron chi connectivity index (χ2n) is 8.43. The number of rotatable bonds is 7. The number of hydrogen-bond donors (Lipinski definition) is 5. The summed E-state index contributed by atoms with van der Waals surface area (Å²) < 4.78 is 5.26. The number of hydroxylamine groups is 1. The van der Waals surface area contributed by atoms with E-state index in [1.54, 1.807) is 12.1 Å². The molecular formula is C24H30N2O7. The lowest BCUT2D eigenvalue weighted by Crippen LogP contribution is -2.58. The SMILES string of the molecule is CC(C)[C@H](C(=O)Nc1ccc(C(=O)NO[C@@H]2O[C@@H](C)[C@@H](O)[C@@H](O)[C@@H]2O)cc1)c1ccccc1. The molecule has 0 unspecified atom stereocenters. The van der Waals surface area contributed by atoms with Crippen LogP contribution in [0.2, 0.25) is 0 Å². The standard InChI is InChI=1S/C24H30N2O7/c1-13(2)18(15-7-5-4-6-8-15)23(31)25-17-11-9-16(10-12-17)22(30)26-33-24-21(29)20(28)19(27)14(3)32-24/h4-14,18-21,24,27-29H,1-3H3,(H,25,31)(H,26,30)/t14-,18-,19+,20+,21-,24-/m0/s1. The minimum Gasteiger partial charge on any atom is -0.388 e. The zero-order chi connectivity index (χ0) is 24.1. The van der Waals surface area contributed by atoms with Crippen molar-refractivity contribution in [3.63, 3.8) is 0 Å². The van der Waals surface area contributed by atoms with Crippen LogP contribution in [0, 0.1) is 5.92 Å². The van der Waals surface area contributed by atoms with Gasteiger partial charge >= 0.3 is 0 Å². The molecule has 178 valence electrons. The summed E-state index contributed by atoms with van der Waals surface area (Å²) in [4.78, 5) is 30.3. The molecule has 33 heavy (non-hydrogen) atoms. The van der Waals surface area contributed by atoms with Gasteiger partial charge in [-0.1, -0.05) is 44.2 Å². The first-order valence-electron chi connectivity index (χ1n) is 10.8. The molecule has 1 aliphatic heterocycles. The topological polar surface area (TPSA) is 137 Å². The number of nitrogens with one attached hydrogen (secondary N) is 2. The first kappa shape index (κ1) is 24.8. The smallest absolute Gasteiger partial charge is 0.274 e. The van der Waals surface area contributed by atoms with Crippen molar-refractivity contribution in [1.29, 1.82) is 0 Å². The van der Waals surface area contributed by atoms with Crippen molar-refractivity contribution in [1.82, 2.24) is 5.48 Å². The predicted molar refractivity (Wildman–Crippen MR) is 120 cm³/mol. The maximum Gasteiger partial charge on any atom is 0.274 e. The molecule has 5 N–H and O–H groups in total. The maximum atomic E-state index is 12.9. The first-order chi connectivity index (χ1) is 15.7. The summed E-state index contributed by atoms with van der Waals surface area (Å²) in [6, 6.07) is 15.8. The van der Waals surface area contributed by atoms with Crippen LogP contribution in [0.25, 0.3) is 0 Å². The molecule has 9 nitrogen and oxygen atoms in total. The first-order valence-corrected chi connectivity index (χ1v) is 10.8. The van der Waals surface area contributed by atoms with Gasteiger partial charge in [-0.25, -0.2) is 10.3 Å². The van der Waals surface area contributed by atoms with E-state index in [4.69, 9.17) is 9.57 Å². The molecule has 1 heterocycles. The molecule has 3 rings (SSSR count). The van der Waals surface area contributed by atoms with E-state index in [-0.39, 0.29) is 23.3 Å². The Bertz CT molecular complexity index is 936. The highest BCUT2D eigenvalue weighted by molar-refractivity contribution is 5.97. The minimum atomic E-state index is -1.53. The second kappa shape index (κ2) is 10.9. The molecule has 0 radical (unpaired) electrons. The van der Waals surface area contributed by atoms with E-state index in [1.807, 2.05) is 44.2 Å². The van der Waals surface area contributed by atoms with Gasteiger partial charge in [0.15, 0.2) is 0 Å². The normalized spacial score (nSPS) is 26.0. The number of benzene rings is 2. The molecule has 0 saturated carbocycles. The Morgan fingerprint density at radius 2 is 1.58 bits per heavy atom. The molecule has 1 aliphatic rings. The Morgan fingerprint density at radius 1 is 0.939 bits per heavy atom. The molecule has 2 aromatic carbocycles. The van der Waals surface area contributed by atoms with E-state index in [0.29, 0.717) is 5.69 Å². The number of anilines is 1. The summed E-state index contributed by atoms with van der Waals surface area (Å²) in [5.41, 5.74) is 3.88. The van der Waals surface area contributed by atoms with Crippen LogP contribution in [0.1, 0.15) is 42.6 Å². The summed E-state index contributed by atoms with van der Waals surface area (Å²) in [5, 5.41) is 32.3. The fraction of sp³-hybridized carbons (Fsp3) is 0.417. The van der Waals surface area contributed by atoms with Crippen LogP contribution in [0.15, 0.2) is 54.6 Å². The summed E-state index contributed by atoms with van der Waals surface area (Å²) in [6.07, 6.45) is -6.40. The number of aliphatic hydroxyl groups is 3. The van der Waals surface area contributed by atoms with Gasteiger partial charge < -0.3 is 25.4 Å². The van der Waals surface area contributed by atoms with Crippen molar-refractivity contribution in [2.45, 2.75) is 57.4 Å². The van der Waals surface area contributed by atoms with Crippen molar-refractivity contribution in [2.75, 3.05) is 5.32 Å². The van der Waals surface area contributed by atoms with Gasteiger partial charge in [0.05, 0.1) is 12.0 Å². The third-order valence-electron chi connectivity index (χ3n) is 5.60. The highest BCUT2D eigenvalue weighted by Crippen LogP contribution is 2.26. The molecule has 0 aromatic heterocycles. The van der Waals surface area contributed by atoms with E-state index in [0.717, 1.165) is 5.56 Å². The number of carbonyl (C=O) groups is 2. The summed E-state index contributed by atoms with van der Waals surface area (Å²) >= 11 is 0. The molecule has 0 spiro atoms. The van der Waals surface area contributed by atoms with E-state index in [9.17, 15) is 24.9 Å². The Morgan fingerprint density at radius 3 is 2.18 bits per heavy atom. The van der Waals surface area contributed by atoms with Gasteiger partial charge in [-0.2, -0.15) is 0 Å². The van der Waals surface area contributed by atoms with Crippen molar-refractivity contribution in [2.24, 2.45) is 5.92 Å². The van der Waals surface area contributed by atoms with Gasteiger partial charge in [-0.3, -0.25) is 9.59 Å². The number of ether oxygens (including phenoxy) is 1. The van der Waals surface area contributed by atoms with Gasteiger partial charge in [0.1, 0.15) is 18.3 Å². The minimum absolute atomic E-state index is 0.0920. The van der Waals surface area contributed by atoms with E-state index in [1.165, 1.54) is 19.1 Å². The molecule has 0 bridgehead atoms. The fourth-order valence-corrected chi connectivity index (χ4v) is 3.71. The molecule has 0 aliphatic carbocycles. The molecule has 1 saturated heterocycles. The zero-order valence-electron chi connectivity index (χ0n) is 18.7. The Labute approximate surface area is 192 Å². The second-order valence-corrected chi connectivity index (χ2v) is 8.43. The third-order valence-corrected chi connectivity index (χ3v) is 5.60. The lowest BCUT2D eigenvalue weighted by molar-refractivity contribution is -0.304. The number of amides is 2. The highest BCUT2D eigenvalue weighted by Gasteiger charge is 2.43. The molecule has 9 heteroatoms. The van der Waals surface area contributed by atoms with Crippen LogP contribution < -0.4 is 10.8 Å². The van der Waals surface area contributed by atoms with Gasteiger partial charge in [-0.05, 0) is 42.7 Å². The van der Waals surface area contributed by atoms with Gasteiger partial charge in [0.2, 0.25) is 12.2 Å². The average molecular weight is 459 g/mol. The summed E-state index contributed by atoms with van der Waals surface area (Å²) in [7, 11) is 0. The largest absolute Gasteiger partial charge is 0.388 e. The van der Waals surface area contributed by atoms with Crippen LogP contribution in [-0.2, 0) is 14.4 Å². The lowest BCUT2D eigenvalue weighted by Gasteiger charge is -2.38. The van der Waals surface area contributed by atoms with Crippen LogP contribution in [0.5, 0.6) is 0 Å². The Balaban J connectivity index is 1.58. The van der Waals surface area contributed by atoms with E-state index >= 15 is 0 Å². The van der Waals surface area contributed by atoms with Gasteiger partial charge in [0.25, 0.3) is 5.91 Å². The van der Waals surface area contributed by atoms with E-state index < -0.39 is 36.6 Å². The summed E-state index contributed by atoms with van der Waals surface area (Å²) in [6.45, 7) is 5.47. The fourth-order valence-electron chi connectivity index (χ4n) is 3.71. The zero-order valence-corrected chi connectivity index (χ0v) is 18.7. The Hall–Kier alpha value is -2.82. The molecule has 1 fully saturated rings. The predicted octanol–water partition coefficient (Wildman–Crippen LogP) is 1.55. The van der Waals surface area contributed by atoms with Crippen LogP contribution in [0.3, 0.4) is 0 Å². The molecule has 2 amide bonds. The lowest BCUT2D eigenvalue weighted by atomic mass is 9.87. The maximum absolute atomic E-state index is 12.9. The third kappa shape index (κ3) is 5.95. The van der Waals surface area contributed by atoms with Gasteiger partial charge in [-0.15, -0.1) is 0 Å². The van der Waals surface area contributed by atoms with Crippen molar-refractivity contribution in [3.8, 4) is 0 Å². The van der Waals surface area contributed by atoms with Gasteiger partial charge in [0, 0.05) is 11.3 Å². The molecular weight excluding hydrogens is 428 g/mol. The van der Waals surface area contributed by atoms with Crippen LogP contribution in [-0.4, -0.2) is 57.8 Å². The van der Waals surface area contributed by atoms with Crippen molar-refractivity contribution < 1.29 is 34.5 Å². The monoisotopic (exact) mass is 458 g/mol. The molecule has 2 aromatic rings.